The lowest BCUT2D eigenvalue weighted by atomic mass is 9.94. The Morgan fingerprint density at radius 3 is 2.56 bits per heavy atom. The smallest absolute Gasteiger partial charge is 0.344 e. The second kappa shape index (κ2) is 3.74. The number of hydrogen-bond donors (Lipinski definition) is 0. The van der Waals surface area contributed by atoms with Gasteiger partial charge in [-0.05, 0) is 29.7 Å². The Morgan fingerprint density at radius 1 is 1.25 bits per heavy atom. The van der Waals surface area contributed by atoms with Crippen LogP contribution in [0.3, 0.4) is 0 Å². The highest BCUT2D eigenvalue weighted by Gasteiger charge is 2.27. The minimum Gasteiger partial charge on any atom is -0.423 e. The third kappa shape index (κ3) is 2.19. The number of ether oxygens (including phenoxy) is 1. The minimum atomic E-state index is -0.266. The van der Waals surface area contributed by atoms with Gasteiger partial charge in [0.2, 0.25) is 0 Å². The maximum Gasteiger partial charge on any atom is 0.344 e. The Kier molecular flexibility index (Phi) is 2.66. The van der Waals surface area contributed by atoms with Gasteiger partial charge in [0.15, 0.2) is 0 Å². The molecule has 1 aliphatic rings. The second-order valence-electron chi connectivity index (χ2n) is 4.95. The van der Waals surface area contributed by atoms with Gasteiger partial charge < -0.3 is 4.74 Å². The fourth-order valence-corrected chi connectivity index (χ4v) is 1.97. The predicted molar refractivity (Wildman–Crippen MR) is 67.0 cm³/mol. The maximum absolute atomic E-state index is 11.6. The maximum atomic E-state index is 11.6. The number of carbonyl (C=O) groups excluding carboxylic acids is 1. The summed E-state index contributed by atoms with van der Waals surface area (Å²) in [5, 5.41) is 0. The molecule has 0 aliphatic carbocycles. The van der Waals surface area contributed by atoms with Crippen LogP contribution in [0.25, 0.3) is 5.76 Å². The van der Waals surface area contributed by atoms with Crippen molar-refractivity contribution in [3.05, 3.63) is 39.9 Å². The van der Waals surface area contributed by atoms with Gasteiger partial charge in [0.25, 0.3) is 0 Å². The van der Waals surface area contributed by atoms with Gasteiger partial charge >= 0.3 is 5.97 Å². The molecule has 16 heavy (non-hydrogen) atoms. The molecule has 2 rings (SSSR count). The van der Waals surface area contributed by atoms with E-state index in [0.717, 1.165) is 10.0 Å². The van der Waals surface area contributed by atoms with Crippen molar-refractivity contribution < 1.29 is 9.53 Å². The first-order valence-corrected chi connectivity index (χ1v) is 5.91. The van der Waals surface area contributed by atoms with Crippen LogP contribution in [0.2, 0.25) is 0 Å². The third-order valence-electron chi connectivity index (χ3n) is 2.23. The molecule has 0 fully saturated rings. The van der Waals surface area contributed by atoms with E-state index < -0.39 is 0 Å². The Morgan fingerprint density at radius 2 is 1.94 bits per heavy atom. The van der Waals surface area contributed by atoms with Crippen molar-refractivity contribution in [2.24, 2.45) is 5.41 Å². The van der Waals surface area contributed by atoms with Crippen molar-refractivity contribution in [3.63, 3.8) is 0 Å². The van der Waals surface area contributed by atoms with Crippen LogP contribution in [0.5, 0.6) is 0 Å². The number of benzene rings is 1. The first-order chi connectivity index (χ1) is 7.37. The second-order valence-corrected chi connectivity index (χ2v) is 5.87. The van der Waals surface area contributed by atoms with Crippen molar-refractivity contribution in [1.29, 1.82) is 0 Å². The van der Waals surface area contributed by atoms with Crippen LogP contribution in [0.4, 0.5) is 0 Å². The van der Waals surface area contributed by atoms with Gasteiger partial charge in [0.05, 0.1) is 5.56 Å². The number of hydrogen-bond acceptors (Lipinski definition) is 2. The zero-order valence-corrected chi connectivity index (χ0v) is 11.1. The van der Waals surface area contributed by atoms with Crippen molar-refractivity contribution in [3.8, 4) is 0 Å². The molecule has 1 heterocycles. The minimum absolute atomic E-state index is 0.0143. The molecule has 2 nitrogen and oxygen atoms in total. The van der Waals surface area contributed by atoms with Crippen LogP contribution in [-0.4, -0.2) is 5.97 Å². The van der Waals surface area contributed by atoms with E-state index in [-0.39, 0.29) is 11.4 Å². The zero-order chi connectivity index (χ0) is 11.9. The lowest BCUT2D eigenvalue weighted by Crippen LogP contribution is -2.01. The molecular formula is C13H13BrO2. The zero-order valence-electron chi connectivity index (χ0n) is 9.50. The van der Waals surface area contributed by atoms with Crippen molar-refractivity contribution >= 4 is 27.7 Å². The van der Waals surface area contributed by atoms with Crippen LogP contribution in [0, 0.1) is 5.41 Å². The summed E-state index contributed by atoms with van der Waals surface area (Å²) < 4.78 is 6.21. The first kappa shape index (κ1) is 11.4. The van der Waals surface area contributed by atoms with Crippen LogP contribution in [-0.2, 0) is 4.74 Å². The number of halogens is 1. The lowest BCUT2D eigenvalue weighted by molar-refractivity contribution is 0.0714. The summed E-state index contributed by atoms with van der Waals surface area (Å²) in [6, 6.07) is 5.54. The molecule has 0 aromatic heterocycles. The molecular weight excluding hydrogens is 268 g/mol. The summed E-state index contributed by atoms with van der Waals surface area (Å²) in [4.78, 5) is 11.6. The highest BCUT2D eigenvalue weighted by molar-refractivity contribution is 9.10. The molecule has 84 valence electrons. The average molecular weight is 281 g/mol. The molecule has 0 unspecified atom stereocenters. The average Bonchev–Trinajstić information content (AvgIpc) is 2.40. The molecule has 1 aliphatic heterocycles. The topological polar surface area (TPSA) is 26.3 Å². The Bertz CT molecular complexity index is 481. The molecule has 0 saturated heterocycles. The van der Waals surface area contributed by atoms with Crippen LogP contribution in [0.15, 0.2) is 28.7 Å². The largest absolute Gasteiger partial charge is 0.423 e. The number of allylic oxidation sites excluding steroid dienone is 1. The fourth-order valence-electron chi connectivity index (χ4n) is 1.61. The summed E-state index contributed by atoms with van der Waals surface area (Å²) in [7, 11) is 0. The molecule has 0 saturated carbocycles. The molecule has 1 aromatic rings. The van der Waals surface area contributed by atoms with E-state index in [1.54, 1.807) is 6.07 Å². The Labute approximate surface area is 103 Å². The van der Waals surface area contributed by atoms with Crippen LogP contribution in [0.1, 0.15) is 36.7 Å². The summed E-state index contributed by atoms with van der Waals surface area (Å²) in [5.41, 5.74) is 1.49. The normalized spacial score (nSPS) is 17.5. The number of cyclic esters (lactones) is 1. The number of esters is 1. The highest BCUT2D eigenvalue weighted by Crippen LogP contribution is 2.34. The highest BCUT2D eigenvalue weighted by atomic mass is 79.9. The van der Waals surface area contributed by atoms with Gasteiger partial charge in [0.1, 0.15) is 5.76 Å². The van der Waals surface area contributed by atoms with Gasteiger partial charge in [-0.3, -0.25) is 0 Å². The summed E-state index contributed by atoms with van der Waals surface area (Å²) >= 11 is 3.40. The number of carbonyl (C=O) groups is 1. The molecule has 3 heteroatoms. The van der Waals surface area contributed by atoms with Gasteiger partial charge in [-0.15, -0.1) is 0 Å². The third-order valence-corrected chi connectivity index (χ3v) is 2.73. The predicted octanol–water partition coefficient (Wildman–Crippen LogP) is 4.01. The molecule has 1 aromatic carbocycles. The molecule has 0 bridgehead atoms. The lowest BCUT2D eigenvalue weighted by Gasteiger charge is -2.13. The Hall–Kier alpha value is -1.09. The van der Waals surface area contributed by atoms with Crippen molar-refractivity contribution in [1.82, 2.24) is 0 Å². The fraction of sp³-hybridized carbons (Fsp3) is 0.308. The van der Waals surface area contributed by atoms with Gasteiger partial charge in [0, 0.05) is 10.0 Å². The quantitative estimate of drug-likeness (QED) is 0.672. The first-order valence-electron chi connectivity index (χ1n) is 5.12. The molecule has 0 radical (unpaired) electrons. The van der Waals surface area contributed by atoms with Crippen molar-refractivity contribution in [2.45, 2.75) is 20.8 Å². The van der Waals surface area contributed by atoms with Gasteiger partial charge in [-0.25, -0.2) is 4.79 Å². The van der Waals surface area contributed by atoms with Gasteiger partial charge in [-0.1, -0.05) is 36.7 Å². The Balaban J connectivity index is 2.54. The van der Waals surface area contributed by atoms with E-state index in [1.165, 1.54) is 0 Å². The van der Waals surface area contributed by atoms with E-state index in [2.05, 4.69) is 36.7 Å². The van der Waals surface area contributed by atoms with Crippen LogP contribution >= 0.6 is 15.9 Å². The summed E-state index contributed by atoms with van der Waals surface area (Å²) in [5.74, 6) is 0.395. The summed E-state index contributed by atoms with van der Waals surface area (Å²) in [6.07, 6.45) is 1.98. The van der Waals surface area contributed by atoms with Gasteiger partial charge in [-0.2, -0.15) is 0 Å². The molecule has 0 atom stereocenters. The summed E-state index contributed by atoms with van der Waals surface area (Å²) in [6.45, 7) is 6.22. The molecule has 0 amide bonds. The van der Waals surface area contributed by atoms with E-state index in [1.807, 2.05) is 18.2 Å². The number of rotatable bonds is 0. The van der Waals surface area contributed by atoms with Crippen LogP contribution < -0.4 is 0 Å². The van der Waals surface area contributed by atoms with E-state index in [4.69, 9.17) is 4.74 Å². The van der Waals surface area contributed by atoms with E-state index in [0.29, 0.717) is 11.3 Å². The number of fused-ring (bicyclic) bond motifs is 1. The monoisotopic (exact) mass is 280 g/mol. The van der Waals surface area contributed by atoms with E-state index in [9.17, 15) is 4.79 Å². The SMILES string of the molecule is CC(C)(C)/C=C1\OC(=O)c2ccc(Br)cc21. The van der Waals surface area contributed by atoms with Crippen molar-refractivity contribution in [2.75, 3.05) is 0 Å². The van der Waals surface area contributed by atoms with E-state index >= 15 is 0 Å². The molecule has 0 N–H and O–H groups in total. The molecule has 0 spiro atoms. The standard InChI is InChI=1S/C13H13BrO2/c1-13(2,3)7-11-10-6-8(14)4-5-9(10)12(15)16-11/h4-7H,1-3H3/b11-7-.